The normalized spacial score (nSPS) is 20.0. The van der Waals surface area contributed by atoms with Crippen LogP contribution >= 0.6 is 0 Å². The van der Waals surface area contributed by atoms with Crippen LogP contribution in [0, 0.1) is 0 Å². The van der Waals surface area contributed by atoms with Crippen LogP contribution in [0.5, 0.6) is 0 Å². The predicted molar refractivity (Wildman–Crippen MR) is 72.3 cm³/mol. The number of nitrogens with zero attached hydrogens (tertiary/aromatic N) is 1. The zero-order chi connectivity index (χ0) is 14.0. The van der Waals surface area contributed by atoms with Gasteiger partial charge in [-0.15, -0.1) is 0 Å². The molecule has 1 aliphatic rings. The lowest BCUT2D eigenvalue weighted by molar-refractivity contribution is -0.126. The lowest BCUT2D eigenvalue weighted by Crippen LogP contribution is -2.23. The number of likely N-dealkylation sites (N-methyl/N-ethyl adjacent to an activating group) is 1. The molecular formula is C13H18N2O3S. The van der Waals surface area contributed by atoms with Gasteiger partial charge in [-0.25, -0.2) is 13.1 Å². The van der Waals surface area contributed by atoms with Gasteiger partial charge in [-0.3, -0.25) is 4.79 Å². The summed E-state index contributed by atoms with van der Waals surface area (Å²) >= 11 is 0. The molecule has 1 amide bonds. The summed E-state index contributed by atoms with van der Waals surface area (Å²) in [6.07, 6.45) is 0.496. The summed E-state index contributed by atoms with van der Waals surface area (Å²) in [5.41, 5.74) is 1.01. The molecule has 0 spiro atoms. The van der Waals surface area contributed by atoms with Crippen molar-refractivity contribution in [2.75, 3.05) is 20.1 Å². The fourth-order valence-electron chi connectivity index (χ4n) is 2.28. The number of likely N-dealkylation sites (tertiary alicyclic amines) is 1. The molecule has 0 unspecified atom stereocenters. The number of carbonyl (C=O) groups is 1. The van der Waals surface area contributed by atoms with Gasteiger partial charge in [0.05, 0.1) is 4.90 Å². The molecule has 0 aliphatic carbocycles. The Bertz CT molecular complexity index is 566. The number of benzene rings is 1. The van der Waals surface area contributed by atoms with Crippen molar-refractivity contribution in [1.82, 2.24) is 9.62 Å². The van der Waals surface area contributed by atoms with Gasteiger partial charge in [0, 0.05) is 32.5 Å². The summed E-state index contributed by atoms with van der Waals surface area (Å²) in [6, 6.07) is 6.77. The van der Waals surface area contributed by atoms with E-state index in [9.17, 15) is 13.2 Å². The fourth-order valence-corrected chi connectivity index (χ4v) is 3.32. The van der Waals surface area contributed by atoms with Gasteiger partial charge >= 0.3 is 0 Å². The summed E-state index contributed by atoms with van der Waals surface area (Å²) in [6.45, 7) is 2.80. The molecule has 0 radical (unpaired) electrons. The number of nitrogens with one attached hydrogen (secondary N) is 1. The molecule has 1 N–H and O–H groups in total. The predicted octanol–water partition coefficient (Wildman–Crippen LogP) is 0.930. The van der Waals surface area contributed by atoms with Crippen molar-refractivity contribution >= 4 is 15.9 Å². The lowest BCUT2D eigenvalue weighted by atomic mass is 9.98. The quantitative estimate of drug-likeness (QED) is 0.893. The molecule has 1 atom stereocenters. The van der Waals surface area contributed by atoms with Gasteiger partial charge in [-0.1, -0.05) is 19.1 Å². The first-order valence-corrected chi connectivity index (χ1v) is 7.76. The molecule has 0 aromatic heterocycles. The third kappa shape index (κ3) is 2.96. The Hall–Kier alpha value is -1.40. The number of hydrogen-bond acceptors (Lipinski definition) is 3. The van der Waals surface area contributed by atoms with Crippen molar-refractivity contribution in [1.29, 1.82) is 0 Å². The molecule has 2 rings (SSSR count). The minimum atomic E-state index is -3.40. The average molecular weight is 282 g/mol. The van der Waals surface area contributed by atoms with Crippen molar-refractivity contribution in [3.63, 3.8) is 0 Å². The highest BCUT2D eigenvalue weighted by Crippen LogP contribution is 2.27. The number of hydrogen-bond donors (Lipinski definition) is 1. The first kappa shape index (κ1) is 14.0. The van der Waals surface area contributed by atoms with Crippen LogP contribution in [0.2, 0.25) is 0 Å². The van der Waals surface area contributed by atoms with Gasteiger partial charge in [0.1, 0.15) is 0 Å². The van der Waals surface area contributed by atoms with E-state index >= 15 is 0 Å². The number of carbonyl (C=O) groups excluding carboxylic acids is 1. The maximum absolute atomic E-state index is 11.8. The second-order valence-corrected chi connectivity index (χ2v) is 6.51. The van der Waals surface area contributed by atoms with E-state index in [2.05, 4.69) is 4.72 Å². The maximum atomic E-state index is 11.8. The van der Waals surface area contributed by atoms with E-state index in [1.807, 2.05) is 0 Å². The van der Waals surface area contributed by atoms with E-state index in [1.165, 1.54) is 0 Å². The van der Waals surface area contributed by atoms with Crippen molar-refractivity contribution in [2.24, 2.45) is 0 Å². The highest BCUT2D eigenvalue weighted by Gasteiger charge is 2.28. The largest absolute Gasteiger partial charge is 0.345 e. The van der Waals surface area contributed by atoms with Crippen LogP contribution in [0.4, 0.5) is 0 Å². The number of rotatable bonds is 4. The first-order valence-electron chi connectivity index (χ1n) is 6.27. The molecule has 104 valence electrons. The summed E-state index contributed by atoms with van der Waals surface area (Å²) in [5, 5.41) is 0. The Labute approximate surface area is 113 Å². The molecule has 1 aromatic rings. The van der Waals surface area contributed by atoms with E-state index in [-0.39, 0.29) is 16.7 Å². The zero-order valence-electron chi connectivity index (χ0n) is 11.1. The lowest BCUT2D eigenvalue weighted by Gasteiger charge is -2.11. The highest BCUT2D eigenvalue weighted by molar-refractivity contribution is 7.89. The van der Waals surface area contributed by atoms with Crippen molar-refractivity contribution in [2.45, 2.75) is 24.2 Å². The van der Waals surface area contributed by atoms with Crippen LogP contribution in [0.25, 0.3) is 0 Å². The fraction of sp³-hybridized carbons (Fsp3) is 0.462. The molecule has 0 saturated carbocycles. The second kappa shape index (κ2) is 5.30. The molecule has 1 fully saturated rings. The molecule has 5 nitrogen and oxygen atoms in total. The van der Waals surface area contributed by atoms with Gasteiger partial charge in [0.2, 0.25) is 15.9 Å². The average Bonchev–Trinajstić information content (AvgIpc) is 2.70. The second-order valence-electron chi connectivity index (χ2n) is 4.75. The molecule has 1 aliphatic heterocycles. The summed E-state index contributed by atoms with van der Waals surface area (Å²) in [5.74, 6) is 0.294. The highest BCUT2D eigenvalue weighted by atomic mass is 32.2. The third-order valence-electron chi connectivity index (χ3n) is 3.34. The molecular weight excluding hydrogens is 264 g/mol. The zero-order valence-corrected chi connectivity index (χ0v) is 11.9. The molecule has 6 heteroatoms. The van der Waals surface area contributed by atoms with E-state index in [1.54, 1.807) is 43.1 Å². The molecule has 19 heavy (non-hydrogen) atoms. The van der Waals surface area contributed by atoms with Crippen molar-refractivity contribution in [3.8, 4) is 0 Å². The van der Waals surface area contributed by atoms with Gasteiger partial charge in [-0.2, -0.15) is 0 Å². The van der Waals surface area contributed by atoms with Crippen LogP contribution < -0.4 is 4.72 Å². The van der Waals surface area contributed by atoms with Gasteiger partial charge < -0.3 is 4.90 Å². The van der Waals surface area contributed by atoms with E-state index in [4.69, 9.17) is 0 Å². The van der Waals surface area contributed by atoms with Crippen LogP contribution in [0.3, 0.4) is 0 Å². The number of amides is 1. The molecule has 1 aromatic carbocycles. The maximum Gasteiger partial charge on any atom is 0.240 e. The Kier molecular flexibility index (Phi) is 3.91. The first-order chi connectivity index (χ1) is 8.94. The monoisotopic (exact) mass is 282 g/mol. The molecule has 0 bridgehead atoms. The van der Waals surface area contributed by atoms with Crippen LogP contribution in [0.15, 0.2) is 29.2 Å². The molecule has 1 heterocycles. The van der Waals surface area contributed by atoms with Gasteiger partial charge in [0.25, 0.3) is 0 Å². The minimum Gasteiger partial charge on any atom is -0.345 e. The Morgan fingerprint density at radius 2 is 1.95 bits per heavy atom. The summed E-state index contributed by atoms with van der Waals surface area (Å²) < 4.78 is 26.0. The number of sulfonamides is 1. The Balaban J connectivity index is 2.18. The molecule has 1 saturated heterocycles. The van der Waals surface area contributed by atoms with Gasteiger partial charge in [0.15, 0.2) is 0 Å². The summed E-state index contributed by atoms with van der Waals surface area (Å²) in [4.78, 5) is 13.5. The van der Waals surface area contributed by atoms with E-state index in [0.717, 1.165) is 5.56 Å². The van der Waals surface area contributed by atoms with Crippen LogP contribution in [-0.2, 0) is 14.8 Å². The van der Waals surface area contributed by atoms with E-state index < -0.39 is 10.0 Å². The summed E-state index contributed by atoms with van der Waals surface area (Å²) in [7, 11) is -1.62. The van der Waals surface area contributed by atoms with Crippen LogP contribution in [0.1, 0.15) is 24.8 Å². The third-order valence-corrected chi connectivity index (χ3v) is 4.90. The van der Waals surface area contributed by atoms with Crippen molar-refractivity contribution < 1.29 is 13.2 Å². The van der Waals surface area contributed by atoms with Gasteiger partial charge in [-0.05, 0) is 17.7 Å². The van der Waals surface area contributed by atoms with E-state index in [0.29, 0.717) is 19.5 Å². The smallest absolute Gasteiger partial charge is 0.240 e. The Morgan fingerprint density at radius 1 is 1.32 bits per heavy atom. The Morgan fingerprint density at radius 3 is 2.42 bits per heavy atom. The van der Waals surface area contributed by atoms with Crippen LogP contribution in [-0.4, -0.2) is 39.4 Å². The SMILES string of the molecule is CCNS(=O)(=O)c1ccc([C@H]2CC(=O)N(C)C2)cc1. The standard InChI is InChI=1S/C13H18N2O3S/c1-3-14-19(17,18)12-6-4-10(5-7-12)11-8-13(16)15(2)9-11/h4-7,11,14H,3,8-9H2,1-2H3/t11-/m0/s1. The minimum absolute atomic E-state index is 0.134. The van der Waals surface area contributed by atoms with Crippen molar-refractivity contribution in [3.05, 3.63) is 29.8 Å². The topological polar surface area (TPSA) is 66.5 Å².